The minimum atomic E-state index is -0.557. The third-order valence-corrected chi connectivity index (χ3v) is 3.00. The molecule has 19 heavy (non-hydrogen) atoms. The smallest absolute Gasteiger partial charge is 0.295 e. The van der Waals surface area contributed by atoms with Gasteiger partial charge in [-0.25, -0.2) is 4.39 Å². The van der Waals surface area contributed by atoms with Crippen LogP contribution in [0.2, 0.25) is 0 Å². The first-order chi connectivity index (χ1) is 8.91. The second-order valence-electron chi connectivity index (χ2n) is 5.19. The first kappa shape index (κ1) is 15.4. The standard InChI is InChI=1S/C14H21FN2O2/c1-10(2)6-4-5-7-16-13-8-11(3)12(15)9-14(13)17(18)19/h8-10,16H,4-7H2,1-3H3. The maximum atomic E-state index is 13.3. The molecule has 0 heterocycles. The number of unbranched alkanes of at least 4 members (excludes halogenated alkanes) is 1. The van der Waals surface area contributed by atoms with Gasteiger partial charge in [0.15, 0.2) is 0 Å². The van der Waals surface area contributed by atoms with Crippen LogP contribution in [0.1, 0.15) is 38.7 Å². The summed E-state index contributed by atoms with van der Waals surface area (Å²) >= 11 is 0. The molecular weight excluding hydrogens is 247 g/mol. The van der Waals surface area contributed by atoms with E-state index in [1.807, 2.05) is 0 Å². The molecule has 1 aromatic carbocycles. The van der Waals surface area contributed by atoms with E-state index in [2.05, 4.69) is 19.2 Å². The lowest BCUT2D eigenvalue weighted by molar-refractivity contribution is -0.384. The predicted molar refractivity (Wildman–Crippen MR) is 75.0 cm³/mol. The van der Waals surface area contributed by atoms with Crippen molar-refractivity contribution in [3.63, 3.8) is 0 Å². The third-order valence-electron chi connectivity index (χ3n) is 3.00. The largest absolute Gasteiger partial charge is 0.379 e. The van der Waals surface area contributed by atoms with E-state index in [0.29, 0.717) is 23.7 Å². The lowest BCUT2D eigenvalue weighted by Crippen LogP contribution is -2.06. The van der Waals surface area contributed by atoms with Gasteiger partial charge in [-0.15, -0.1) is 0 Å². The molecule has 0 bridgehead atoms. The topological polar surface area (TPSA) is 55.2 Å². The van der Waals surface area contributed by atoms with Crippen LogP contribution in [-0.4, -0.2) is 11.5 Å². The van der Waals surface area contributed by atoms with E-state index in [4.69, 9.17) is 0 Å². The molecule has 0 saturated heterocycles. The highest BCUT2D eigenvalue weighted by Crippen LogP contribution is 2.27. The number of aryl methyl sites for hydroxylation is 1. The Balaban J connectivity index is 2.62. The second-order valence-corrected chi connectivity index (χ2v) is 5.19. The quantitative estimate of drug-likeness (QED) is 0.456. The molecule has 1 N–H and O–H groups in total. The number of nitrogens with one attached hydrogen (secondary N) is 1. The number of hydrogen-bond acceptors (Lipinski definition) is 3. The fourth-order valence-corrected chi connectivity index (χ4v) is 1.86. The van der Waals surface area contributed by atoms with Crippen molar-refractivity contribution in [3.05, 3.63) is 33.6 Å². The molecule has 0 saturated carbocycles. The lowest BCUT2D eigenvalue weighted by atomic mass is 10.1. The molecule has 0 aromatic heterocycles. The maximum Gasteiger partial charge on any atom is 0.295 e. The SMILES string of the molecule is Cc1cc(NCCCCC(C)C)c([N+](=O)[O-])cc1F. The first-order valence-electron chi connectivity index (χ1n) is 6.60. The lowest BCUT2D eigenvalue weighted by Gasteiger charge is -2.09. The number of nitro groups is 1. The van der Waals surface area contributed by atoms with Gasteiger partial charge in [-0.3, -0.25) is 10.1 Å². The van der Waals surface area contributed by atoms with Crippen molar-refractivity contribution in [1.82, 2.24) is 0 Å². The number of halogens is 1. The van der Waals surface area contributed by atoms with Gasteiger partial charge in [0.05, 0.1) is 11.0 Å². The van der Waals surface area contributed by atoms with E-state index in [-0.39, 0.29) is 5.69 Å². The van der Waals surface area contributed by atoms with Crippen molar-refractivity contribution in [2.75, 3.05) is 11.9 Å². The van der Waals surface area contributed by atoms with E-state index in [0.717, 1.165) is 25.3 Å². The predicted octanol–water partition coefficient (Wildman–Crippen LogP) is 4.28. The van der Waals surface area contributed by atoms with Crippen molar-refractivity contribution in [2.45, 2.75) is 40.0 Å². The molecule has 0 unspecified atom stereocenters. The molecule has 0 aliphatic heterocycles. The molecule has 4 nitrogen and oxygen atoms in total. The van der Waals surface area contributed by atoms with Gasteiger partial charge in [-0.2, -0.15) is 0 Å². The Labute approximate surface area is 113 Å². The molecule has 1 rings (SSSR count). The van der Waals surface area contributed by atoms with E-state index >= 15 is 0 Å². The molecule has 0 atom stereocenters. The first-order valence-corrected chi connectivity index (χ1v) is 6.60. The van der Waals surface area contributed by atoms with Crippen LogP contribution in [0.3, 0.4) is 0 Å². The van der Waals surface area contributed by atoms with Gasteiger partial charge >= 0.3 is 0 Å². The average molecular weight is 268 g/mol. The molecule has 0 aliphatic carbocycles. The fourth-order valence-electron chi connectivity index (χ4n) is 1.86. The number of benzene rings is 1. The van der Waals surface area contributed by atoms with Crippen molar-refractivity contribution >= 4 is 11.4 Å². The molecule has 5 heteroatoms. The number of nitrogens with zero attached hydrogens (tertiary/aromatic N) is 1. The minimum Gasteiger partial charge on any atom is -0.379 e. The summed E-state index contributed by atoms with van der Waals surface area (Å²) in [5.41, 5.74) is 0.607. The maximum absolute atomic E-state index is 13.3. The molecule has 106 valence electrons. The fraction of sp³-hybridized carbons (Fsp3) is 0.571. The van der Waals surface area contributed by atoms with Crippen LogP contribution in [0.5, 0.6) is 0 Å². The summed E-state index contributed by atoms with van der Waals surface area (Å²) in [6.45, 7) is 6.60. The van der Waals surface area contributed by atoms with E-state index in [1.54, 1.807) is 6.92 Å². The van der Waals surface area contributed by atoms with E-state index in [9.17, 15) is 14.5 Å². The van der Waals surface area contributed by atoms with Gasteiger partial charge in [0, 0.05) is 6.54 Å². The summed E-state index contributed by atoms with van der Waals surface area (Å²) in [7, 11) is 0. The Hall–Kier alpha value is -1.65. The summed E-state index contributed by atoms with van der Waals surface area (Å²) in [5, 5.41) is 13.9. The summed E-state index contributed by atoms with van der Waals surface area (Å²) in [4.78, 5) is 10.3. The summed E-state index contributed by atoms with van der Waals surface area (Å²) in [5.74, 6) is 0.124. The third kappa shape index (κ3) is 4.85. The van der Waals surface area contributed by atoms with Gasteiger partial charge in [-0.05, 0) is 30.9 Å². The van der Waals surface area contributed by atoms with Gasteiger partial charge in [0.1, 0.15) is 11.5 Å². The molecular formula is C14H21FN2O2. The molecule has 0 aliphatic rings. The molecule has 0 amide bonds. The number of nitro benzene ring substituents is 1. The Morgan fingerprint density at radius 1 is 1.37 bits per heavy atom. The van der Waals surface area contributed by atoms with Crippen LogP contribution in [-0.2, 0) is 0 Å². The molecule has 0 spiro atoms. The summed E-state index contributed by atoms with van der Waals surface area (Å²) in [6, 6.07) is 2.47. The monoisotopic (exact) mass is 268 g/mol. The highest BCUT2D eigenvalue weighted by atomic mass is 19.1. The zero-order valence-electron chi connectivity index (χ0n) is 11.7. The summed E-state index contributed by atoms with van der Waals surface area (Å²) < 4.78 is 13.3. The number of hydrogen-bond donors (Lipinski definition) is 1. The van der Waals surface area contributed by atoms with Crippen molar-refractivity contribution < 1.29 is 9.31 Å². The Kier molecular flexibility index (Phi) is 5.73. The minimum absolute atomic E-state index is 0.202. The van der Waals surface area contributed by atoms with Crippen LogP contribution in [0.15, 0.2) is 12.1 Å². The Bertz CT molecular complexity index is 447. The van der Waals surface area contributed by atoms with Crippen molar-refractivity contribution in [2.24, 2.45) is 5.92 Å². The van der Waals surface area contributed by atoms with Crippen molar-refractivity contribution in [1.29, 1.82) is 0 Å². The number of rotatable bonds is 7. The average Bonchev–Trinajstić information content (AvgIpc) is 2.32. The van der Waals surface area contributed by atoms with Gasteiger partial charge in [-0.1, -0.05) is 26.7 Å². The zero-order chi connectivity index (χ0) is 14.4. The Morgan fingerprint density at radius 3 is 2.63 bits per heavy atom. The Morgan fingerprint density at radius 2 is 2.05 bits per heavy atom. The zero-order valence-corrected chi connectivity index (χ0v) is 11.7. The molecule has 1 aromatic rings. The van der Waals surface area contributed by atoms with Crippen molar-refractivity contribution in [3.8, 4) is 0 Å². The van der Waals surface area contributed by atoms with E-state index in [1.165, 1.54) is 6.07 Å². The molecule has 0 fully saturated rings. The van der Waals surface area contributed by atoms with Gasteiger partial charge in [0.25, 0.3) is 5.69 Å². The summed E-state index contributed by atoms with van der Waals surface area (Å²) in [6.07, 6.45) is 3.18. The highest BCUT2D eigenvalue weighted by molar-refractivity contribution is 5.63. The normalized spacial score (nSPS) is 10.8. The van der Waals surface area contributed by atoms with Crippen LogP contribution in [0, 0.1) is 28.8 Å². The second kappa shape index (κ2) is 7.07. The van der Waals surface area contributed by atoms with Crippen LogP contribution in [0.4, 0.5) is 15.8 Å². The highest BCUT2D eigenvalue weighted by Gasteiger charge is 2.16. The van der Waals surface area contributed by atoms with Gasteiger partial charge < -0.3 is 5.32 Å². The van der Waals surface area contributed by atoms with E-state index < -0.39 is 10.7 Å². The molecule has 0 radical (unpaired) electrons. The van der Waals surface area contributed by atoms with Crippen LogP contribution >= 0.6 is 0 Å². The number of anilines is 1. The van der Waals surface area contributed by atoms with Crippen LogP contribution in [0.25, 0.3) is 0 Å². The van der Waals surface area contributed by atoms with Crippen LogP contribution < -0.4 is 5.32 Å². The van der Waals surface area contributed by atoms with Gasteiger partial charge in [0.2, 0.25) is 0 Å².